The highest BCUT2D eigenvalue weighted by molar-refractivity contribution is 6.34. The van der Waals surface area contributed by atoms with Crippen molar-refractivity contribution >= 4 is 34.8 Å². The zero-order valence-electron chi connectivity index (χ0n) is 10.1. The number of nitrogens with one attached hydrogen (secondary N) is 1. The Morgan fingerprint density at radius 3 is 2.42 bits per heavy atom. The number of halogens is 4. The summed E-state index contributed by atoms with van der Waals surface area (Å²) in [6.07, 6.45) is 0. The maximum absolute atomic E-state index is 14.0. The van der Waals surface area contributed by atoms with Crippen LogP contribution < -0.4 is 5.32 Å². The molecule has 0 amide bonds. The van der Waals surface area contributed by atoms with Crippen LogP contribution in [0.15, 0.2) is 36.4 Å². The molecule has 0 heterocycles. The van der Waals surface area contributed by atoms with Gasteiger partial charge in [0.15, 0.2) is 0 Å². The highest BCUT2D eigenvalue weighted by Crippen LogP contribution is 2.35. The van der Waals surface area contributed by atoms with E-state index in [1.54, 1.807) is 37.4 Å². The van der Waals surface area contributed by atoms with Gasteiger partial charge in [0, 0.05) is 20.6 Å². The van der Waals surface area contributed by atoms with E-state index in [1.165, 1.54) is 6.07 Å². The van der Waals surface area contributed by atoms with Crippen LogP contribution >= 0.6 is 34.8 Å². The third kappa shape index (κ3) is 3.03. The minimum absolute atomic E-state index is 0.343. The Bertz CT molecular complexity index is 581. The molecule has 0 saturated heterocycles. The molecule has 0 fully saturated rings. The smallest absolute Gasteiger partial charge is 0.129 e. The van der Waals surface area contributed by atoms with Gasteiger partial charge in [0.1, 0.15) is 5.82 Å². The first kappa shape index (κ1) is 14.6. The Labute approximate surface area is 126 Å². The average Bonchev–Trinajstić information content (AvgIpc) is 2.37. The van der Waals surface area contributed by atoms with E-state index in [1.807, 2.05) is 0 Å². The van der Waals surface area contributed by atoms with Gasteiger partial charge in [-0.25, -0.2) is 4.39 Å². The van der Waals surface area contributed by atoms with Gasteiger partial charge in [-0.05, 0) is 42.9 Å². The Balaban J connectivity index is 2.59. The summed E-state index contributed by atoms with van der Waals surface area (Å²) in [4.78, 5) is 0. The van der Waals surface area contributed by atoms with Gasteiger partial charge in [-0.3, -0.25) is 0 Å². The Kier molecular flexibility index (Phi) is 4.69. The largest absolute Gasteiger partial charge is 0.309 e. The molecular weight excluding hydrogens is 308 g/mol. The molecule has 19 heavy (non-hydrogen) atoms. The maximum Gasteiger partial charge on any atom is 0.129 e. The summed E-state index contributed by atoms with van der Waals surface area (Å²) < 4.78 is 14.0. The van der Waals surface area contributed by atoms with Gasteiger partial charge in [-0.15, -0.1) is 0 Å². The summed E-state index contributed by atoms with van der Waals surface area (Å²) >= 11 is 18.2. The summed E-state index contributed by atoms with van der Waals surface area (Å²) in [6, 6.07) is 9.18. The highest BCUT2D eigenvalue weighted by atomic mass is 35.5. The van der Waals surface area contributed by atoms with Crippen LogP contribution in [-0.4, -0.2) is 7.05 Å². The molecular formula is C14H11Cl3FN. The van der Waals surface area contributed by atoms with Crippen molar-refractivity contribution in [3.63, 3.8) is 0 Å². The Hall–Kier alpha value is -0.800. The van der Waals surface area contributed by atoms with Crippen molar-refractivity contribution in [2.24, 2.45) is 0 Å². The zero-order chi connectivity index (χ0) is 14.0. The van der Waals surface area contributed by atoms with E-state index >= 15 is 0 Å². The first-order valence-electron chi connectivity index (χ1n) is 5.60. The van der Waals surface area contributed by atoms with E-state index in [9.17, 15) is 4.39 Å². The molecule has 1 N–H and O–H groups in total. The van der Waals surface area contributed by atoms with Crippen molar-refractivity contribution in [1.82, 2.24) is 5.32 Å². The molecule has 1 atom stereocenters. The third-order valence-electron chi connectivity index (χ3n) is 2.85. The van der Waals surface area contributed by atoms with E-state index in [2.05, 4.69) is 5.32 Å². The van der Waals surface area contributed by atoms with Gasteiger partial charge < -0.3 is 5.32 Å². The molecule has 0 radical (unpaired) electrons. The molecule has 100 valence electrons. The van der Waals surface area contributed by atoms with Gasteiger partial charge in [0.2, 0.25) is 0 Å². The third-order valence-corrected chi connectivity index (χ3v) is 3.76. The number of benzene rings is 2. The Morgan fingerprint density at radius 2 is 1.79 bits per heavy atom. The monoisotopic (exact) mass is 317 g/mol. The second kappa shape index (κ2) is 6.10. The molecule has 0 bridgehead atoms. The van der Waals surface area contributed by atoms with Gasteiger partial charge in [0.05, 0.1) is 6.04 Å². The van der Waals surface area contributed by atoms with Crippen LogP contribution in [-0.2, 0) is 0 Å². The molecule has 0 aliphatic rings. The molecule has 2 aromatic carbocycles. The van der Waals surface area contributed by atoms with Gasteiger partial charge >= 0.3 is 0 Å². The molecule has 0 aliphatic carbocycles. The minimum atomic E-state index is -0.458. The normalized spacial score (nSPS) is 12.5. The zero-order valence-corrected chi connectivity index (χ0v) is 12.3. The predicted molar refractivity (Wildman–Crippen MR) is 78.8 cm³/mol. The summed E-state index contributed by atoms with van der Waals surface area (Å²) in [7, 11) is 1.71. The summed E-state index contributed by atoms with van der Waals surface area (Å²) in [5, 5.41) is 4.40. The maximum atomic E-state index is 14.0. The molecule has 0 aromatic heterocycles. The van der Waals surface area contributed by atoms with E-state index in [-0.39, 0.29) is 5.82 Å². The highest BCUT2D eigenvalue weighted by Gasteiger charge is 2.21. The van der Waals surface area contributed by atoms with Crippen LogP contribution in [0.5, 0.6) is 0 Å². The van der Waals surface area contributed by atoms with Gasteiger partial charge in [-0.2, -0.15) is 0 Å². The molecule has 0 spiro atoms. The second-order valence-electron chi connectivity index (χ2n) is 4.02. The molecule has 5 heteroatoms. The molecule has 0 saturated carbocycles. The molecule has 2 aromatic rings. The lowest BCUT2D eigenvalue weighted by Crippen LogP contribution is -2.20. The minimum Gasteiger partial charge on any atom is -0.309 e. The quantitative estimate of drug-likeness (QED) is 0.830. The van der Waals surface area contributed by atoms with Crippen LogP contribution in [0.2, 0.25) is 15.1 Å². The fourth-order valence-electron chi connectivity index (χ4n) is 1.98. The number of hydrogen-bond donors (Lipinski definition) is 1. The van der Waals surface area contributed by atoms with Crippen molar-refractivity contribution in [3.8, 4) is 0 Å². The average molecular weight is 319 g/mol. The Morgan fingerprint density at radius 1 is 1.05 bits per heavy atom. The first-order valence-corrected chi connectivity index (χ1v) is 6.74. The van der Waals surface area contributed by atoms with Crippen LogP contribution in [0.4, 0.5) is 4.39 Å². The van der Waals surface area contributed by atoms with Crippen molar-refractivity contribution in [1.29, 1.82) is 0 Å². The number of rotatable bonds is 3. The fraction of sp³-hybridized carbons (Fsp3) is 0.143. The van der Waals surface area contributed by atoms with Gasteiger partial charge in [0.25, 0.3) is 0 Å². The number of hydrogen-bond acceptors (Lipinski definition) is 1. The summed E-state index contributed by atoms with van der Waals surface area (Å²) in [5.41, 5.74) is 1.04. The van der Waals surface area contributed by atoms with Crippen molar-refractivity contribution in [2.45, 2.75) is 6.04 Å². The molecule has 1 unspecified atom stereocenters. The summed E-state index contributed by atoms with van der Waals surface area (Å²) in [6.45, 7) is 0. The lowest BCUT2D eigenvalue weighted by atomic mass is 9.98. The van der Waals surface area contributed by atoms with Crippen molar-refractivity contribution in [3.05, 3.63) is 68.4 Å². The van der Waals surface area contributed by atoms with E-state index < -0.39 is 6.04 Å². The van der Waals surface area contributed by atoms with Crippen molar-refractivity contribution in [2.75, 3.05) is 7.05 Å². The van der Waals surface area contributed by atoms with Gasteiger partial charge in [-0.1, -0.05) is 40.9 Å². The van der Waals surface area contributed by atoms with E-state index in [4.69, 9.17) is 34.8 Å². The second-order valence-corrected chi connectivity index (χ2v) is 5.27. The molecule has 1 nitrogen and oxygen atoms in total. The van der Waals surface area contributed by atoms with Crippen LogP contribution in [0.25, 0.3) is 0 Å². The standard InChI is InChI=1S/C14H11Cl3FN/c1-19-14(9-7-8(15)5-6-10(9)16)13-11(17)3-2-4-12(13)18/h2-7,14,19H,1H3. The van der Waals surface area contributed by atoms with E-state index in [0.717, 1.165) is 0 Å². The van der Waals surface area contributed by atoms with Crippen LogP contribution in [0.1, 0.15) is 17.2 Å². The summed E-state index contributed by atoms with van der Waals surface area (Å²) in [5.74, 6) is -0.386. The lowest BCUT2D eigenvalue weighted by Gasteiger charge is -2.20. The SMILES string of the molecule is CNC(c1cc(Cl)ccc1Cl)c1c(F)cccc1Cl. The van der Waals surface area contributed by atoms with Crippen molar-refractivity contribution < 1.29 is 4.39 Å². The molecule has 0 aliphatic heterocycles. The van der Waals surface area contributed by atoms with Crippen LogP contribution in [0, 0.1) is 5.82 Å². The topological polar surface area (TPSA) is 12.0 Å². The fourth-order valence-corrected chi connectivity index (χ4v) is 2.66. The first-order chi connectivity index (χ1) is 9.04. The van der Waals surface area contributed by atoms with Crippen LogP contribution in [0.3, 0.4) is 0 Å². The predicted octanol–water partition coefficient (Wildman–Crippen LogP) is 5.09. The van der Waals surface area contributed by atoms with E-state index in [0.29, 0.717) is 26.2 Å². The molecule has 2 rings (SSSR count). The lowest BCUT2D eigenvalue weighted by molar-refractivity contribution is 0.576.